The molecule has 0 atom stereocenters. The lowest BCUT2D eigenvalue weighted by Crippen LogP contribution is -2.42. The zero-order valence-electron chi connectivity index (χ0n) is 28.1. The van der Waals surface area contributed by atoms with E-state index in [4.69, 9.17) is 18.0 Å². The van der Waals surface area contributed by atoms with Crippen LogP contribution in [0, 0.1) is 17.9 Å². The van der Waals surface area contributed by atoms with Gasteiger partial charge in [0, 0.05) is 97.1 Å². The summed E-state index contributed by atoms with van der Waals surface area (Å²) in [6.45, 7) is 11.6. The Morgan fingerprint density at radius 3 is 1.73 bits per heavy atom. The minimum absolute atomic E-state index is 0.00838. The summed E-state index contributed by atoms with van der Waals surface area (Å²) in [5, 5.41) is 54.3. The van der Waals surface area contributed by atoms with E-state index in [9.17, 15) is 20.6 Å². The molecule has 4 heterocycles. The van der Waals surface area contributed by atoms with Crippen molar-refractivity contribution in [2.24, 2.45) is 0 Å². The van der Waals surface area contributed by atoms with Crippen molar-refractivity contribution in [2.75, 3.05) is 42.5 Å². The molecule has 0 spiro atoms. The Kier molecular flexibility index (Phi) is 5.45. The number of anilines is 3. The van der Waals surface area contributed by atoms with Crippen LogP contribution in [0.1, 0.15) is 27.8 Å². The molecule has 0 bridgehead atoms. The van der Waals surface area contributed by atoms with Crippen LogP contribution in [0.4, 0.5) is 17.1 Å². The summed E-state index contributed by atoms with van der Waals surface area (Å²) in [6.07, 6.45) is 3.19. The maximum Gasteiger partial charge on any atom is 0.270 e. The van der Waals surface area contributed by atoms with Crippen LogP contribution in [0.15, 0.2) is 65.6 Å². The van der Waals surface area contributed by atoms with Crippen LogP contribution in [0.3, 0.4) is 0 Å². The molecule has 1 aliphatic carbocycles. The quantitative estimate of drug-likeness (QED) is 0.0526. The fourth-order valence-electron chi connectivity index (χ4n) is 10.2. The normalized spacial score (nSPS) is 17.8. The first-order valence-electron chi connectivity index (χ1n) is 17.7. The van der Waals surface area contributed by atoms with Gasteiger partial charge in [0.2, 0.25) is 5.36 Å². The smallest absolute Gasteiger partial charge is 0.270 e. The number of hydrogen-bond acceptors (Lipinski definition) is 7. The number of allylic oxidation sites excluding steroid dienone is 3. The van der Waals surface area contributed by atoms with Gasteiger partial charge in [-0.2, -0.15) is 0 Å². The van der Waals surface area contributed by atoms with E-state index < -0.39 is 0 Å². The van der Waals surface area contributed by atoms with Gasteiger partial charge in [-0.1, -0.05) is 24.3 Å². The summed E-state index contributed by atoms with van der Waals surface area (Å²) in [5.74, 6) is -0.157. The molecule has 0 saturated heterocycles. The van der Waals surface area contributed by atoms with Crippen molar-refractivity contribution < 1.29 is 15.3 Å². The van der Waals surface area contributed by atoms with Crippen molar-refractivity contribution in [1.29, 1.82) is 5.26 Å². The number of aromatic hydroxyl groups is 2. The Labute approximate surface area is 297 Å². The number of hydrogen-bond donors (Lipinski definition) is 5. The third-order valence-electron chi connectivity index (χ3n) is 12.3. The van der Waals surface area contributed by atoms with Crippen molar-refractivity contribution in [3.05, 3.63) is 115 Å². The van der Waals surface area contributed by atoms with Gasteiger partial charge in [-0.25, -0.2) is 14.7 Å². The summed E-state index contributed by atoms with van der Waals surface area (Å²) in [4.78, 5) is 6.13. The predicted octanol–water partition coefficient (Wildman–Crippen LogP) is 5.23. The second kappa shape index (κ2) is 9.74. The molecule has 9 heteroatoms. The summed E-state index contributed by atoms with van der Waals surface area (Å²) < 4.78 is 2.31. The lowest BCUT2D eigenvalue weighted by atomic mass is 9.71. The van der Waals surface area contributed by atoms with E-state index in [0.717, 1.165) is 117 Å². The van der Waals surface area contributed by atoms with E-state index in [1.807, 2.05) is 24.3 Å². The molecule has 0 fully saturated rings. The summed E-state index contributed by atoms with van der Waals surface area (Å²) in [5.41, 5.74) is 21.5. The average molecular weight is 680 g/mol. The molecule has 0 saturated carbocycles. The summed E-state index contributed by atoms with van der Waals surface area (Å²) in [7, 11) is 0. The van der Waals surface area contributed by atoms with E-state index in [1.165, 1.54) is 0 Å². The largest absolute Gasteiger partial charge is 0.507 e. The monoisotopic (exact) mass is 679 g/mol. The zero-order chi connectivity index (χ0) is 35.3. The van der Waals surface area contributed by atoms with Gasteiger partial charge in [-0.3, -0.25) is 0 Å². The number of nitrogen functional groups attached to an aromatic ring is 2. The Balaban J connectivity index is 1.43. The first-order valence-corrected chi connectivity index (χ1v) is 17.7. The number of phenolic OH excluding ortho intramolecular Hbond substituents is 2. The van der Waals surface area contributed by atoms with Crippen LogP contribution in [-0.4, -0.2) is 41.5 Å². The lowest BCUT2D eigenvalue weighted by molar-refractivity contribution is 0.434. The molecule has 5 aliphatic rings. The van der Waals surface area contributed by atoms with Crippen molar-refractivity contribution in [3.8, 4) is 17.6 Å². The van der Waals surface area contributed by atoms with Crippen molar-refractivity contribution in [2.45, 2.75) is 25.7 Å². The van der Waals surface area contributed by atoms with Gasteiger partial charge >= 0.3 is 0 Å². The molecule has 52 heavy (non-hydrogen) atoms. The van der Waals surface area contributed by atoms with Crippen LogP contribution in [0.25, 0.3) is 59.1 Å². The first kappa shape index (κ1) is 29.1. The highest BCUT2D eigenvalue weighted by atomic mass is 16.3. The first-order chi connectivity index (χ1) is 25.3. The Hall–Kier alpha value is -6.71. The Bertz CT molecular complexity index is 2930. The number of aliphatic hydroxyl groups excluding tert-OH is 1. The second-order valence-electron chi connectivity index (χ2n) is 14.6. The number of nitrogens with two attached hydrogens (primary N) is 2. The van der Waals surface area contributed by atoms with Gasteiger partial charge in [-0.05, 0) is 59.4 Å². The molecule has 7 N–H and O–H groups in total. The molecular formula is C43H31N6O3+. The average Bonchev–Trinajstić information content (AvgIpc) is 3.16. The zero-order valence-corrected chi connectivity index (χ0v) is 28.1. The SMILES string of the molecule is [C-]#[N+]/C(C#N)=C1/C(c2c3c(N)ccc4c3c3c5c(ccc(N)c25)CCN3CC4)=C(O)C1=c1c2c(O)ccc3c2c2c4c(ccc(O)c14)CC[N+]=2CC3. The number of rotatable bonds is 1. The molecule has 6 aromatic rings. The number of benzene rings is 6. The Morgan fingerprint density at radius 1 is 0.692 bits per heavy atom. The fraction of sp³-hybridized carbons (Fsp3) is 0.186. The Morgan fingerprint density at radius 2 is 1.21 bits per heavy atom. The molecule has 11 rings (SSSR count). The van der Waals surface area contributed by atoms with E-state index >= 15 is 0 Å². The van der Waals surface area contributed by atoms with Crippen molar-refractivity contribution in [3.63, 3.8) is 0 Å². The van der Waals surface area contributed by atoms with E-state index in [-0.39, 0.29) is 34.1 Å². The van der Waals surface area contributed by atoms with Gasteiger partial charge < -0.3 is 31.7 Å². The van der Waals surface area contributed by atoms with E-state index in [1.54, 1.807) is 12.1 Å². The molecule has 0 aromatic heterocycles. The highest BCUT2D eigenvalue weighted by Crippen LogP contribution is 2.57. The van der Waals surface area contributed by atoms with Gasteiger partial charge in [0.05, 0.1) is 29.1 Å². The van der Waals surface area contributed by atoms with Crippen molar-refractivity contribution in [1.82, 2.24) is 4.58 Å². The fourth-order valence-corrected chi connectivity index (χ4v) is 10.2. The van der Waals surface area contributed by atoms with Gasteiger partial charge in [0.1, 0.15) is 30.3 Å². The summed E-state index contributed by atoms with van der Waals surface area (Å²) in [6, 6.07) is 17.3. The molecule has 0 unspecified atom stereocenters. The third kappa shape index (κ3) is 3.29. The van der Waals surface area contributed by atoms with E-state index in [0.29, 0.717) is 38.5 Å². The van der Waals surface area contributed by atoms with Crippen LogP contribution < -0.4 is 31.5 Å². The third-order valence-corrected chi connectivity index (χ3v) is 12.3. The minimum atomic E-state index is -0.212. The maximum atomic E-state index is 12.7. The topological polar surface area (TPSA) is 147 Å². The maximum absolute atomic E-state index is 12.7. The number of nitriles is 1. The highest BCUT2D eigenvalue weighted by Gasteiger charge is 2.41. The molecule has 6 aromatic carbocycles. The van der Waals surface area contributed by atoms with Gasteiger partial charge in [0.25, 0.3) is 5.70 Å². The molecule has 250 valence electrons. The number of aliphatic hydroxyl groups is 1. The van der Waals surface area contributed by atoms with Gasteiger partial charge in [-0.15, -0.1) is 0 Å². The molecule has 0 amide bonds. The standard InChI is InChI=1S/C43H30N6O3/c1-47-25(18-44)34-39(37-32-23(45)6-2-19-10-14-48-15-11-20-3-7-24(46)33(37)29(20)41(48)28(19)32)43(52)40(34)38-35-26(50)8-4-21-12-16-49-17-13-22-5-9-27(51)36(38)31(22)42(49)30(21)35/h2-9H,10-17,45-46H2,(H2-,50,51,52)/p+1/b34-25-. The van der Waals surface area contributed by atoms with Crippen LogP contribution >= 0.6 is 0 Å². The minimum Gasteiger partial charge on any atom is -0.507 e. The summed E-state index contributed by atoms with van der Waals surface area (Å²) >= 11 is 0. The van der Waals surface area contributed by atoms with E-state index in [2.05, 4.69) is 32.5 Å². The lowest BCUT2D eigenvalue weighted by Gasteiger charge is -2.39. The molecule has 0 radical (unpaired) electrons. The number of phenols is 2. The molecule has 9 nitrogen and oxygen atoms in total. The highest BCUT2D eigenvalue weighted by molar-refractivity contribution is 6.31. The molecular weight excluding hydrogens is 649 g/mol. The van der Waals surface area contributed by atoms with Crippen LogP contribution in [0.2, 0.25) is 0 Å². The van der Waals surface area contributed by atoms with Crippen LogP contribution in [0.5, 0.6) is 11.5 Å². The van der Waals surface area contributed by atoms with Gasteiger partial charge in [0.15, 0.2) is 0 Å². The second-order valence-corrected chi connectivity index (χ2v) is 14.6. The van der Waals surface area contributed by atoms with Crippen LogP contribution in [-0.2, 0) is 25.7 Å². The number of nitrogens with zero attached hydrogens (tertiary/aromatic N) is 4. The van der Waals surface area contributed by atoms with Crippen molar-refractivity contribution >= 4 is 71.3 Å². The molecule has 4 aliphatic heterocycles. The predicted molar refractivity (Wildman–Crippen MR) is 205 cm³/mol.